The van der Waals surface area contributed by atoms with Crippen LogP contribution < -0.4 is 15.4 Å². The highest BCUT2D eigenvalue weighted by Gasteiger charge is 2.23. The summed E-state index contributed by atoms with van der Waals surface area (Å²) in [5.74, 6) is -1.24. The molecule has 1 aliphatic rings. The number of Topliss-reactive ketones (excluding diaryl/α,β-unsaturated/α-hetero) is 1. The van der Waals surface area contributed by atoms with Gasteiger partial charge in [0.2, 0.25) is 0 Å². The van der Waals surface area contributed by atoms with Gasteiger partial charge < -0.3 is 10.1 Å². The Morgan fingerprint density at radius 2 is 1.96 bits per heavy atom. The Hall–Kier alpha value is -2.44. The van der Waals surface area contributed by atoms with Crippen LogP contribution in [0.1, 0.15) is 49.9 Å². The summed E-state index contributed by atoms with van der Waals surface area (Å²) in [5.41, 5.74) is -0.0437. The van der Waals surface area contributed by atoms with E-state index < -0.39 is 30.1 Å². The number of ketones is 1. The summed E-state index contributed by atoms with van der Waals surface area (Å²) in [6.07, 6.45) is 4.19. The third kappa shape index (κ3) is 5.55. The van der Waals surface area contributed by atoms with Crippen LogP contribution in [0.15, 0.2) is 18.2 Å². The first-order valence-corrected chi connectivity index (χ1v) is 8.40. The Balaban J connectivity index is 1.79. The molecule has 0 aromatic heterocycles. The topological polar surface area (TPSA) is 84.5 Å². The predicted octanol–water partition coefficient (Wildman–Crippen LogP) is 2.81. The third-order valence-corrected chi connectivity index (χ3v) is 4.37. The number of carbonyl (C=O) groups is 3. The van der Waals surface area contributed by atoms with Gasteiger partial charge in [-0.05, 0) is 37.8 Å². The average molecular weight is 350 g/mol. The fraction of sp³-hybridized carbons (Fsp3) is 0.500. The minimum absolute atomic E-state index is 0.0437. The van der Waals surface area contributed by atoms with Gasteiger partial charge >= 0.3 is 6.03 Å². The molecule has 136 valence electrons. The molecule has 0 heterocycles. The second-order valence-electron chi connectivity index (χ2n) is 6.38. The maximum atomic E-state index is 13.7. The highest BCUT2D eigenvalue weighted by molar-refractivity contribution is 5.95. The second kappa shape index (κ2) is 8.60. The minimum atomic E-state index is -0.713. The Morgan fingerprint density at radius 1 is 1.24 bits per heavy atom. The predicted molar refractivity (Wildman–Crippen MR) is 90.0 cm³/mol. The summed E-state index contributed by atoms with van der Waals surface area (Å²) in [4.78, 5) is 34.8. The standard InChI is InChI=1S/C18H23FN2O4/c1-11-5-3-4-6-16(11)20-18(24)21-17(23)10-25-13-7-8-14(12(2)22)15(19)9-13/h7-9,11,16H,3-6,10H2,1-2H3,(H2,20,21,23,24). The smallest absolute Gasteiger partial charge is 0.321 e. The number of hydrogen-bond donors (Lipinski definition) is 2. The molecule has 1 aromatic rings. The molecule has 1 saturated carbocycles. The molecule has 2 atom stereocenters. The molecule has 7 heteroatoms. The van der Waals surface area contributed by atoms with Crippen molar-refractivity contribution < 1.29 is 23.5 Å². The molecule has 6 nitrogen and oxygen atoms in total. The van der Waals surface area contributed by atoms with Crippen molar-refractivity contribution >= 4 is 17.7 Å². The largest absolute Gasteiger partial charge is 0.484 e. The molecule has 0 aliphatic heterocycles. The van der Waals surface area contributed by atoms with Crippen molar-refractivity contribution in [3.63, 3.8) is 0 Å². The zero-order valence-corrected chi connectivity index (χ0v) is 14.4. The van der Waals surface area contributed by atoms with E-state index in [0.29, 0.717) is 5.92 Å². The van der Waals surface area contributed by atoms with Crippen molar-refractivity contribution in [3.8, 4) is 5.75 Å². The number of nitrogens with one attached hydrogen (secondary N) is 2. The molecule has 0 radical (unpaired) electrons. The zero-order valence-electron chi connectivity index (χ0n) is 14.4. The van der Waals surface area contributed by atoms with Crippen molar-refractivity contribution in [2.24, 2.45) is 5.92 Å². The van der Waals surface area contributed by atoms with Gasteiger partial charge in [0.05, 0.1) is 5.56 Å². The number of carbonyl (C=O) groups excluding carboxylic acids is 3. The Morgan fingerprint density at radius 3 is 2.60 bits per heavy atom. The van der Waals surface area contributed by atoms with E-state index in [1.165, 1.54) is 19.1 Å². The number of halogens is 1. The fourth-order valence-electron chi connectivity index (χ4n) is 2.92. The lowest BCUT2D eigenvalue weighted by atomic mass is 9.86. The van der Waals surface area contributed by atoms with Crippen LogP contribution in [-0.4, -0.2) is 30.4 Å². The molecule has 1 aliphatic carbocycles. The fourth-order valence-corrected chi connectivity index (χ4v) is 2.92. The first-order chi connectivity index (χ1) is 11.9. The number of benzene rings is 1. The van der Waals surface area contributed by atoms with E-state index in [2.05, 4.69) is 17.6 Å². The molecular weight excluding hydrogens is 327 g/mol. The summed E-state index contributed by atoms with van der Waals surface area (Å²) in [7, 11) is 0. The van der Waals surface area contributed by atoms with Crippen LogP contribution in [0.4, 0.5) is 9.18 Å². The monoisotopic (exact) mass is 350 g/mol. The van der Waals surface area contributed by atoms with Gasteiger partial charge in [0.25, 0.3) is 5.91 Å². The quantitative estimate of drug-likeness (QED) is 0.800. The highest BCUT2D eigenvalue weighted by Crippen LogP contribution is 2.23. The summed E-state index contributed by atoms with van der Waals surface area (Å²) >= 11 is 0. The van der Waals surface area contributed by atoms with Crippen molar-refractivity contribution in [2.75, 3.05) is 6.61 Å². The minimum Gasteiger partial charge on any atom is -0.484 e. The van der Waals surface area contributed by atoms with E-state index >= 15 is 0 Å². The molecule has 2 N–H and O–H groups in total. The number of urea groups is 1. The van der Waals surface area contributed by atoms with Crippen molar-refractivity contribution in [1.29, 1.82) is 0 Å². The van der Waals surface area contributed by atoms with Crippen LogP contribution >= 0.6 is 0 Å². The van der Waals surface area contributed by atoms with E-state index in [1.54, 1.807) is 0 Å². The average Bonchev–Trinajstić information content (AvgIpc) is 2.54. The Bertz CT molecular complexity index is 662. The Kier molecular flexibility index (Phi) is 6.50. The van der Waals surface area contributed by atoms with Crippen LogP contribution in [0.5, 0.6) is 5.75 Å². The molecule has 0 bridgehead atoms. The lowest BCUT2D eigenvalue weighted by Crippen LogP contribution is -2.48. The molecule has 0 spiro atoms. The summed E-state index contributed by atoms with van der Waals surface area (Å²) in [6.45, 7) is 2.92. The van der Waals surface area contributed by atoms with Gasteiger partial charge in [-0.3, -0.25) is 14.9 Å². The third-order valence-electron chi connectivity index (χ3n) is 4.37. The van der Waals surface area contributed by atoms with Crippen LogP contribution in [0.3, 0.4) is 0 Å². The maximum absolute atomic E-state index is 13.7. The van der Waals surface area contributed by atoms with Crippen LogP contribution in [0, 0.1) is 11.7 Å². The molecule has 2 rings (SSSR count). The lowest BCUT2D eigenvalue weighted by Gasteiger charge is -2.29. The first-order valence-electron chi connectivity index (χ1n) is 8.40. The van der Waals surface area contributed by atoms with Crippen LogP contribution in [0.2, 0.25) is 0 Å². The summed E-state index contributed by atoms with van der Waals surface area (Å²) in [5, 5.41) is 5.00. The molecule has 25 heavy (non-hydrogen) atoms. The van der Waals surface area contributed by atoms with Crippen LogP contribution in [0.25, 0.3) is 0 Å². The van der Waals surface area contributed by atoms with Crippen molar-refractivity contribution in [1.82, 2.24) is 10.6 Å². The number of amides is 3. The zero-order chi connectivity index (χ0) is 18.4. The van der Waals surface area contributed by atoms with E-state index in [0.717, 1.165) is 31.7 Å². The van der Waals surface area contributed by atoms with E-state index in [4.69, 9.17) is 4.74 Å². The summed E-state index contributed by atoms with van der Waals surface area (Å²) < 4.78 is 18.8. The van der Waals surface area contributed by atoms with Gasteiger partial charge in [-0.15, -0.1) is 0 Å². The van der Waals surface area contributed by atoms with Gasteiger partial charge in [-0.25, -0.2) is 9.18 Å². The molecule has 2 unspecified atom stereocenters. The Labute approximate surface area is 146 Å². The van der Waals surface area contributed by atoms with Gasteiger partial charge in [0.1, 0.15) is 11.6 Å². The number of rotatable bonds is 5. The lowest BCUT2D eigenvalue weighted by molar-refractivity contribution is -0.122. The molecular formula is C18H23FN2O4. The molecule has 1 aromatic carbocycles. The van der Waals surface area contributed by atoms with Crippen molar-refractivity contribution in [3.05, 3.63) is 29.6 Å². The van der Waals surface area contributed by atoms with E-state index in [9.17, 15) is 18.8 Å². The van der Waals surface area contributed by atoms with Gasteiger partial charge in [-0.2, -0.15) is 0 Å². The van der Waals surface area contributed by atoms with E-state index in [-0.39, 0.29) is 17.4 Å². The normalized spacial score (nSPS) is 19.8. The van der Waals surface area contributed by atoms with Crippen LogP contribution in [-0.2, 0) is 4.79 Å². The molecule has 0 saturated heterocycles. The number of ether oxygens (including phenoxy) is 1. The van der Waals surface area contributed by atoms with Crippen molar-refractivity contribution in [2.45, 2.75) is 45.6 Å². The molecule has 1 fully saturated rings. The van der Waals surface area contributed by atoms with Gasteiger partial charge in [0.15, 0.2) is 12.4 Å². The summed E-state index contributed by atoms with van der Waals surface area (Å²) in [6, 6.07) is 3.24. The molecule has 3 amide bonds. The first kappa shape index (κ1) is 18.9. The number of imide groups is 1. The number of hydrogen-bond acceptors (Lipinski definition) is 4. The van der Waals surface area contributed by atoms with Gasteiger partial charge in [-0.1, -0.05) is 19.8 Å². The maximum Gasteiger partial charge on any atom is 0.321 e. The van der Waals surface area contributed by atoms with Gasteiger partial charge in [0, 0.05) is 12.1 Å². The SMILES string of the molecule is CC(=O)c1ccc(OCC(=O)NC(=O)NC2CCCCC2C)cc1F. The highest BCUT2D eigenvalue weighted by atomic mass is 19.1. The second-order valence-corrected chi connectivity index (χ2v) is 6.38. The van der Waals surface area contributed by atoms with E-state index in [1.807, 2.05) is 0 Å².